The van der Waals surface area contributed by atoms with Crippen molar-refractivity contribution in [2.45, 2.75) is 37.7 Å². The predicted molar refractivity (Wildman–Crippen MR) is 114 cm³/mol. The number of carbonyl (C=O) groups excluding carboxylic acids is 3. The molecule has 0 saturated carbocycles. The standard InChI is InChI=1S/C23H26N2O4S/c26-18(13-15-5-9-24-10-6-15)25-11-7-23(8-12-25)14-30-22-20(28)19(27)16-3-1-2-4-17(16)21(22)29-23/h1-4,15,24H,5-14H2/p+1. The van der Waals surface area contributed by atoms with Gasteiger partial charge in [0.1, 0.15) is 16.3 Å². The van der Waals surface area contributed by atoms with Gasteiger partial charge in [-0.3, -0.25) is 14.4 Å². The van der Waals surface area contributed by atoms with E-state index in [0.717, 1.165) is 44.3 Å². The minimum absolute atomic E-state index is 0.268. The molecule has 6 nitrogen and oxygen atoms in total. The molecule has 0 unspecified atom stereocenters. The van der Waals surface area contributed by atoms with Gasteiger partial charge in [-0.25, -0.2) is 0 Å². The van der Waals surface area contributed by atoms with Gasteiger partial charge in [0.25, 0.3) is 0 Å². The minimum Gasteiger partial charge on any atom is -0.484 e. The molecule has 1 aliphatic carbocycles. The second kappa shape index (κ2) is 7.85. The van der Waals surface area contributed by atoms with Crippen molar-refractivity contribution in [3.63, 3.8) is 0 Å². The number of benzene rings is 1. The molecular weight excluding hydrogens is 400 g/mol. The van der Waals surface area contributed by atoms with E-state index in [4.69, 9.17) is 4.74 Å². The molecule has 3 aliphatic heterocycles. The molecule has 2 N–H and O–H groups in total. The zero-order valence-electron chi connectivity index (χ0n) is 17.0. The third kappa shape index (κ3) is 3.48. The highest BCUT2D eigenvalue weighted by Gasteiger charge is 2.46. The summed E-state index contributed by atoms with van der Waals surface area (Å²) in [5.41, 5.74) is 0.765. The fourth-order valence-electron chi connectivity index (χ4n) is 5.00. The zero-order valence-corrected chi connectivity index (χ0v) is 17.8. The predicted octanol–water partition coefficient (Wildman–Crippen LogP) is 1.61. The van der Waals surface area contributed by atoms with Crippen molar-refractivity contribution in [2.75, 3.05) is 31.9 Å². The highest BCUT2D eigenvalue weighted by Crippen LogP contribution is 2.47. The van der Waals surface area contributed by atoms with Crippen LogP contribution in [0.3, 0.4) is 0 Å². The quantitative estimate of drug-likeness (QED) is 0.726. The maximum Gasteiger partial charge on any atom is 0.243 e. The van der Waals surface area contributed by atoms with Crippen LogP contribution in [-0.2, 0) is 14.3 Å². The van der Waals surface area contributed by atoms with E-state index in [1.807, 2.05) is 17.0 Å². The monoisotopic (exact) mass is 427 g/mol. The van der Waals surface area contributed by atoms with E-state index in [-0.39, 0.29) is 11.5 Å². The Morgan fingerprint density at radius 1 is 1.10 bits per heavy atom. The van der Waals surface area contributed by atoms with Gasteiger partial charge >= 0.3 is 0 Å². The maximum atomic E-state index is 12.8. The third-order valence-corrected chi connectivity index (χ3v) is 8.21. The number of Topliss-reactive ketones (excluding diaryl/α,β-unsaturated/α-hetero) is 2. The number of hydrogen-bond donors (Lipinski definition) is 1. The number of quaternary nitrogens is 1. The number of carbonyl (C=O) groups is 3. The number of amides is 1. The van der Waals surface area contributed by atoms with Crippen LogP contribution in [0.2, 0.25) is 0 Å². The molecule has 1 aromatic rings. The number of fused-ring (bicyclic) bond motifs is 2. The fourth-order valence-corrected chi connectivity index (χ4v) is 6.26. The van der Waals surface area contributed by atoms with E-state index in [1.54, 1.807) is 12.1 Å². The Hall–Kier alpha value is -2.12. The summed E-state index contributed by atoms with van der Waals surface area (Å²) in [5, 5.41) is 2.33. The van der Waals surface area contributed by atoms with Crippen LogP contribution in [0, 0.1) is 5.92 Å². The summed E-state index contributed by atoms with van der Waals surface area (Å²) in [7, 11) is 0. The summed E-state index contributed by atoms with van der Waals surface area (Å²) in [6, 6.07) is 7.19. The third-order valence-electron chi connectivity index (χ3n) is 6.88. The largest absolute Gasteiger partial charge is 0.484 e. The van der Waals surface area contributed by atoms with Crippen molar-refractivity contribution in [3.05, 3.63) is 40.3 Å². The number of nitrogens with zero attached hydrogens (tertiary/aromatic N) is 1. The van der Waals surface area contributed by atoms with Gasteiger partial charge in [0.15, 0.2) is 0 Å². The van der Waals surface area contributed by atoms with Gasteiger partial charge in [-0.1, -0.05) is 24.3 Å². The number of nitrogens with two attached hydrogens (primary N) is 1. The van der Waals surface area contributed by atoms with E-state index in [0.29, 0.717) is 47.4 Å². The summed E-state index contributed by atoms with van der Waals surface area (Å²) in [6.45, 7) is 3.64. The molecule has 4 aliphatic rings. The van der Waals surface area contributed by atoms with Crippen molar-refractivity contribution in [1.29, 1.82) is 0 Å². The lowest BCUT2D eigenvalue weighted by atomic mass is 9.89. The van der Waals surface area contributed by atoms with Crippen molar-refractivity contribution in [2.24, 2.45) is 5.92 Å². The smallest absolute Gasteiger partial charge is 0.243 e. The lowest BCUT2D eigenvalue weighted by molar-refractivity contribution is -0.664. The average Bonchev–Trinajstić information content (AvgIpc) is 2.78. The average molecular weight is 428 g/mol. The molecule has 0 aromatic heterocycles. The molecular formula is C23H27N2O4S+. The molecule has 1 amide bonds. The maximum absolute atomic E-state index is 12.8. The van der Waals surface area contributed by atoms with Gasteiger partial charge in [-0.05, 0) is 18.8 Å². The van der Waals surface area contributed by atoms with Gasteiger partial charge in [-0.15, -0.1) is 11.8 Å². The van der Waals surface area contributed by atoms with Crippen LogP contribution in [-0.4, -0.2) is 59.9 Å². The lowest BCUT2D eigenvalue weighted by Gasteiger charge is -2.45. The molecule has 7 heteroatoms. The summed E-state index contributed by atoms with van der Waals surface area (Å²) >= 11 is 1.44. The van der Waals surface area contributed by atoms with E-state index < -0.39 is 11.6 Å². The Bertz CT molecular complexity index is 927. The molecule has 1 aromatic carbocycles. The van der Waals surface area contributed by atoms with Crippen LogP contribution < -0.4 is 5.32 Å². The number of likely N-dealkylation sites (tertiary alicyclic amines) is 1. The number of ketones is 2. The number of piperidine rings is 2. The van der Waals surface area contributed by atoms with Gasteiger partial charge in [0.05, 0.1) is 13.1 Å². The Labute approximate surface area is 180 Å². The first-order chi connectivity index (χ1) is 14.6. The molecule has 0 atom stereocenters. The van der Waals surface area contributed by atoms with Gasteiger partial charge in [-0.2, -0.15) is 0 Å². The van der Waals surface area contributed by atoms with Crippen molar-refractivity contribution >= 4 is 35.0 Å². The highest BCUT2D eigenvalue weighted by atomic mass is 32.2. The second-order valence-electron chi connectivity index (χ2n) is 8.83. The van der Waals surface area contributed by atoms with Crippen LogP contribution >= 0.6 is 11.8 Å². The Morgan fingerprint density at radius 2 is 1.80 bits per heavy atom. The van der Waals surface area contributed by atoms with Gasteiger partial charge in [0, 0.05) is 49.2 Å². The fraction of sp³-hybridized carbons (Fsp3) is 0.522. The van der Waals surface area contributed by atoms with Gasteiger partial charge in [0.2, 0.25) is 17.5 Å². The van der Waals surface area contributed by atoms with Crippen LogP contribution in [0.25, 0.3) is 5.76 Å². The Morgan fingerprint density at radius 3 is 2.53 bits per heavy atom. The molecule has 30 heavy (non-hydrogen) atoms. The highest BCUT2D eigenvalue weighted by molar-refractivity contribution is 8.04. The molecule has 5 rings (SSSR count). The molecule has 1 spiro atoms. The molecule has 2 saturated heterocycles. The summed E-state index contributed by atoms with van der Waals surface area (Å²) < 4.78 is 6.49. The summed E-state index contributed by atoms with van der Waals surface area (Å²) in [6.07, 6.45) is 4.44. The molecule has 0 bridgehead atoms. The first kappa shape index (κ1) is 19.8. The molecule has 158 valence electrons. The SMILES string of the molecule is O=C1C(=O)c2ccccc2C2=C1SCC1(CCN(C(=O)CC3CC[NH2+]CC3)CC1)O2. The van der Waals surface area contributed by atoms with Crippen molar-refractivity contribution in [3.8, 4) is 0 Å². The van der Waals surface area contributed by atoms with Crippen LogP contribution in [0.1, 0.15) is 48.0 Å². The normalized spacial score (nSPS) is 23.8. The lowest BCUT2D eigenvalue weighted by Crippen LogP contribution is -2.86. The van der Waals surface area contributed by atoms with Crippen LogP contribution in [0.5, 0.6) is 0 Å². The van der Waals surface area contributed by atoms with E-state index >= 15 is 0 Å². The second-order valence-corrected chi connectivity index (χ2v) is 9.82. The van der Waals surface area contributed by atoms with Gasteiger partial charge < -0.3 is 15.0 Å². The zero-order chi connectivity index (χ0) is 20.7. The van der Waals surface area contributed by atoms with Crippen LogP contribution in [0.4, 0.5) is 0 Å². The first-order valence-corrected chi connectivity index (χ1v) is 11.9. The van der Waals surface area contributed by atoms with Crippen molar-refractivity contribution < 1.29 is 24.4 Å². The van der Waals surface area contributed by atoms with Crippen LogP contribution in [0.15, 0.2) is 29.2 Å². The topological polar surface area (TPSA) is 80.3 Å². The summed E-state index contributed by atoms with van der Waals surface area (Å²) in [4.78, 5) is 40.2. The Kier molecular flexibility index (Phi) is 5.19. The first-order valence-electron chi connectivity index (χ1n) is 10.9. The van der Waals surface area contributed by atoms with Crippen molar-refractivity contribution in [1.82, 2.24) is 4.90 Å². The molecule has 2 fully saturated rings. The number of hydrogen-bond acceptors (Lipinski definition) is 5. The number of ether oxygens (including phenoxy) is 1. The number of rotatable bonds is 2. The molecule has 3 heterocycles. The van der Waals surface area contributed by atoms with E-state index in [1.165, 1.54) is 11.8 Å². The summed E-state index contributed by atoms with van der Waals surface area (Å²) in [5.74, 6) is 1.09. The molecule has 0 radical (unpaired) electrons. The van der Waals surface area contributed by atoms with E-state index in [9.17, 15) is 14.4 Å². The Balaban J connectivity index is 1.28. The number of allylic oxidation sites excluding steroid dienone is 1. The number of thioether (sulfide) groups is 1. The van der Waals surface area contributed by atoms with E-state index in [2.05, 4.69) is 5.32 Å². The minimum atomic E-state index is -0.458.